The van der Waals surface area contributed by atoms with Gasteiger partial charge in [-0.25, -0.2) is 0 Å². The maximum Gasteiger partial charge on any atom is 0.260 e. The lowest BCUT2D eigenvalue weighted by Crippen LogP contribution is -2.45. The van der Waals surface area contributed by atoms with Gasteiger partial charge in [-0.3, -0.25) is 14.5 Å². The van der Waals surface area contributed by atoms with Crippen LogP contribution in [0.4, 0.5) is 0 Å². The Morgan fingerprint density at radius 1 is 1.15 bits per heavy atom. The number of morpholine rings is 1. The summed E-state index contributed by atoms with van der Waals surface area (Å²) in [5.41, 5.74) is 1.98. The maximum atomic E-state index is 12.3. The number of ether oxygens (including phenoxy) is 1. The van der Waals surface area contributed by atoms with E-state index in [0.717, 1.165) is 25.2 Å². The van der Waals surface area contributed by atoms with Gasteiger partial charge in [0.1, 0.15) is 5.56 Å². The SMILES string of the molecule is CC1CN(Cc2ccccc2CNC(=O)c2ccc[nH]c2=O)CC(C)O1. The molecule has 2 aromatic rings. The van der Waals surface area contributed by atoms with Crippen LogP contribution in [0.15, 0.2) is 47.4 Å². The Bertz CT molecular complexity index is 808. The molecule has 1 aliphatic heterocycles. The maximum absolute atomic E-state index is 12.3. The van der Waals surface area contributed by atoms with Crippen LogP contribution in [0.1, 0.15) is 35.3 Å². The molecule has 1 aromatic carbocycles. The second-order valence-corrected chi connectivity index (χ2v) is 6.82. The van der Waals surface area contributed by atoms with Gasteiger partial charge >= 0.3 is 0 Å². The standard InChI is InChI=1S/C20H25N3O3/c1-14-11-23(12-15(2)26-14)13-17-7-4-3-6-16(17)10-22-20(25)18-8-5-9-21-19(18)24/h3-9,14-15H,10-13H2,1-2H3,(H,21,24)(H,22,25). The molecule has 6 heteroatoms. The summed E-state index contributed by atoms with van der Waals surface area (Å²) >= 11 is 0. The highest BCUT2D eigenvalue weighted by Crippen LogP contribution is 2.17. The second-order valence-electron chi connectivity index (χ2n) is 6.82. The molecule has 26 heavy (non-hydrogen) atoms. The van der Waals surface area contributed by atoms with Gasteiger partial charge in [0.15, 0.2) is 0 Å². The third-order valence-corrected chi connectivity index (χ3v) is 4.51. The van der Waals surface area contributed by atoms with E-state index in [9.17, 15) is 9.59 Å². The van der Waals surface area contributed by atoms with Gasteiger partial charge in [0.25, 0.3) is 11.5 Å². The lowest BCUT2D eigenvalue weighted by molar-refractivity contribution is -0.0705. The lowest BCUT2D eigenvalue weighted by atomic mass is 10.1. The average molecular weight is 355 g/mol. The summed E-state index contributed by atoms with van der Waals surface area (Å²) in [5.74, 6) is -0.365. The largest absolute Gasteiger partial charge is 0.373 e. The molecule has 2 unspecified atom stereocenters. The normalized spacial score (nSPS) is 20.7. The van der Waals surface area contributed by atoms with Crippen LogP contribution < -0.4 is 10.9 Å². The Kier molecular flexibility index (Phi) is 5.85. The van der Waals surface area contributed by atoms with Crippen molar-refractivity contribution in [1.82, 2.24) is 15.2 Å². The van der Waals surface area contributed by atoms with E-state index < -0.39 is 0 Å². The van der Waals surface area contributed by atoms with Gasteiger partial charge in [0.05, 0.1) is 12.2 Å². The number of aromatic amines is 1. The first-order valence-corrected chi connectivity index (χ1v) is 8.93. The number of amides is 1. The van der Waals surface area contributed by atoms with Crippen LogP contribution in [-0.2, 0) is 17.8 Å². The summed E-state index contributed by atoms with van der Waals surface area (Å²) in [6.45, 7) is 7.17. The second kappa shape index (κ2) is 8.29. The summed E-state index contributed by atoms with van der Waals surface area (Å²) in [6.07, 6.45) is 1.95. The van der Waals surface area contributed by atoms with Crippen molar-refractivity contribution in [2.45, 2.75) is 39.1 Å². The monoisotopic (exact) mass is 355 g/mol. The number of carbonyl (C=O) groups excluding carboxylic acids is 1. The Balaban J connectivity index is 1.67. The Morgan fingerprint density at radius 3 is 2.54 bits per heavy atom. The van der Waals surface area contributed by atoms with Crippen LogP contribution in [-0.4, -0.2) is 41.1 Å². The molecule has 0 aliphatic carbocycles. The minimum Gasteiger partial charge on any atom is -0.373 e. The van der Waals surface area contributed by atoms with E-state index in [1.165, 1.54) is 17.8 Å². The summed E-state index contributed by atoms with van der Waals surface area (Å²) < 4.78 is 5.79. The van der Waals surface area contributed by atoms with Gasteiger partial charge < -0.3 is 15.0 Å². The first-order valence-electron chi connectivity index (χ1n) is 8.93. The first kappa shape index (κ1) is 18.4. The number of nitrogens with one attached hydrogen (secondary N) is 2. The predicted octanol–water partition coefficient (Wildman–Crippen LogP) is 1.91. The van der Waals surface area contributed by atoms with Crippen LogP contribution in [0, 0.1) is 0 Å². The van der Waals surface area contributed by atoms with Gasteiger partial charge in [-0.2, -0.15) is 0 Å². The fraction of sp³-hybridized carbons (Fsp3) is 0.400. The molecule has 1 amide bonds. The number of H-pyrrole nitrogens is 1. The first-order chi connectivity index (χ1) is 12.5. The molecule has 0 saturated carbocycles. The van der Waals surface area contributed by atoms with Crippen molar-refractivity contribution in [1.29, 1.82) is 0 Å². The van der Waals surface area contributed by atoms with Gasteiger partial charge in [-0.1, -0.05) is 24.3 Å². The van der Waals surface area contributed by atoms with Gasteiger partial charge in [-0.05, 0) is 37.1 Å². The van der Waals surface area contributed by atoms with Crippen molar-refractivity contribution in [3.05, 3.63) is 69.6 Å². The number of carbonyl (C=O) groups is 1. The van der Waals surface area contributed by atoms with E-state index in [1.54, 1.807) is 6.07 Å². The van der Waals surface area contributed by atoms with E-state index in [1.807, 2.05) is 18.2 Å². The zero-order chi connectivity index (χ0) is 18.5. The molecule has 6 nitrogen and oxygen atoms in total. The quantitative estimate of drug-likeness (QED) is 0.859. The number of nitrogens with zero attached hydrogens (tertiary/aromatic N) is 1. The number of benzene rings is 1. The molecule has 2 heterocycles. The zero-order valence-corrected chi connectivity index (χ0v) is 15.2. The number of hydrogen-bond donors (Lipinski definition) is 2. The molecular formula is C20H25N3O3. The number of hydrogen-bond acceptors (Lipinski definition) is 4. The predicted molar refractivity (Wildman–Crippen MR) is 100.0 cm³/mol. The lowest BCUT2D eigenvalue weighted by Gasteiger charge is -2.35. The number of rotatable bonds is 5. The fourth-order valence-corrected chi connectivity index (χ4v) is 3.41. The van der Waals surface area contributed by atoms with E-state index in [2.05, 4.69) is 35.1 Å². The van der Waals surface area contributed by atoms with Gasteiger partial charge in [0, 0.05) is 32.4 Å². The Morgan fingerprint density at radius 2 is 1.85 bits per heavy atom. The van der Waals surface area contributed by atoms with Gasteiger partial charge in [0.2, 0.25) is 0 Å². The Labute approximate surface area is 153 Å². The van der Waals surface area contributed by atoms with Gasteiger partial charge in [-0.15, -0.1) is 0 Å². The van der Waals surface area contributed by atoms with Crippen LogP contribution in [0.5, 0.6) is 0 Å². The molecule has 1 aromatic heterocycles. The topological polar surface area (TPSA) is 74.4 Å². The van der Waals surface area contributed by atoms with E-state index in [-0.39, 0.29) is 29.2 Å². The zero-order valence-electron chi connectivity index (χ0n) is 15.2. The van der Waals surface area contributed by atoms with Crippen molar-refractivity contribution in [3.8, 4) is 0 Å². The van der Waals surface area contributed by atoms with Crippen LogP contribution in [0.3, 0.4) is 0 Å². The molecule has 2 N–H and O–H groups in total. The van der Waals surface area contributed by atoms with Crippen molar-refractivity contribution >= 4 is 5.91 Å². The van der Waals surface area contributed by atoms with Crippen molar-refractivity contribution < 1.29 is 9.53 Å². The van der Waals surface area contributed by atoms with E-state index >= 15 is 0 Å². The molecule has 3 rings (SSSR count). The smallest absolute Gasteiger partial charge is 0.260 e. The highest BCUT2D eigenvalue weighted by atomic mass is 16.5. The Hall–Kier alpha value is -2.44. The van der Waals surface area contributed by atoms with Crippen molar-refractivity contribution in [2.75, 3.05) is 13.1 Å². The summed E-state index contributed by atoms with van der Waals surface area (Å²) in [4.78, 5) is 28.9. The minimum atomic E-state index is -0.380. The number of pyridine rings is 1. The molecule has 0 spiro atoms. The molecular weight excluding hydrogens is 330 g/mol. The van der Waals surface area contributed by atoms with Crippen LogP contribution >= 0.6 is 0 Å². The highest BCUT2D eigenvalue weighted by molar-refractivity contribution is 5.93. The van der Waals surface area contributed by atoms with Crippen molar-refractivity contribution in [2.24, 2.45) is 0 Å². The van der Waals surface area contributed by atoms with Crippen molar-refractivity contribution in [3.63, 3.8) is 0 Å². The summed E-state index contributed by atoms with van der Waals surface area (Å²) in [5, 5.41) is 2.85. The van der Waals surface area contributed by atoms with E-state index in [0.29, 0.717) is 6.54 Å². The van der Waals surface area contributed by atoms with Crippen LogP contribution in [0.2, 0.25) is 0 Å². The third kappa shape index (κ3) is 4.59. The number of aromatic nitrogens is 1. The fourth-order valence-electron chi connectivity index (χ4n) is 3.41. The molecule has 1 aliphatic rings. The third-order valence-electron chi connectivity index (χ3n) is 4.51. The molecule has 2 atom stereocenters. The molecule has 0 bridgehead atoms. The summed E-state index contributed by atoms with van der Waals surface area (Å²) in [7, 11) is 0. The summed E-state index contributed by atoms with van der Waals surface area (Å²) in [6, 6.07) is 11.2. The molecule has 1 fully saturated rings. The van der Waals surface area contributed by atoms with E-state index in [4.69, 9.17) is 4.74 Å². The molecule has 138 valence electrons. The minimum absolute atomic E-state index is 0.126. The molecule has 1 saturated heterocycles. The highest BCUT2D eigenvalue weighted by Gasteiger charge is 2.22. The average Bonchev–Trinajstić information content (AvgIpc) is 2.60. The van der Waals surface area contributed by atoms with Crippen LogP contribution in [0.25, 0.3) is 0 Å². The molecule has 0 radical (unpaired) electrons.